The Morgan fingerprint density at radius 3 is 2.70 bits per heavy atom. The van der Waals surface area contributed by atoms with Crippen LogP contribution in [0.15, 0.2) is 30.6 Å². The number of aromatic hydroxyl groups is 1. The normalized spacial score (nSPS) is 32.2. The minimum absolute atomic E-state index is 0.191. The highest BCUT2D eigenvalue weighted by molar-refractivity contribution is 5.48. The molecule has 0 unspecified atom stereocenters. The molecule has 4 aliphatic rings. The molecule has 6 nitrogen and oxygen atoms in total. The van der Waals surface area contributed by atoms with Crippen molar-refractivity contribution in [3.63, 3.8) is 0 Å². The number of fused-ring (bicyclic) bond motifs is 1. The first kappa shape index (κ1) is 21.6. The van der Waals surface area contributed by atoms with Crippen LogP contribution < -0.4 is 0 Å². The van der Waals surface area contributed by atoms with Gasteiger partial charge in [-0.2, -0.15) is 5.10 Å². The summed E-state index contributed by atoms with van der Waals surface area (Å²) in [4.78, 5) is 5.19. The van der Waals surface area contributed by atoms with Gasteiger partial charge in [0.1, 0.15) is 5.75 Å². The van der Waals surface area contributed by atoms with Gasteiger partial charge in [-0.15, -0.1) is 0 Å². The molecule has 2 saturated heterocycles. The number of aryl methyl sites for hydroxylation is 2. The molecule has 2 N–H and O–H groups in total. The zero-order chi connectivity index (χ0) is 22.6. The van der Waals surface area contributed by atoms with Crippen molar-refractivity contribution in [3.8, 4) is 5.75 Å². The Kier molecular flexibility index (Phi) is 5.31. The molecule has 6 heteroatoms. The van der Waals surface area contributed by atoms with Gasteiger partial charge in [-0.1, -0.05) is 6.07 Å². The summed E-state index contributed by atoms with van der Waals surface area (Å²) in [6.45, 7) is 8.22. The van der Waals surface area contributed by atoms with Crippen LogP contribution >= 0.6 is 0 Å². The minimum Gasteiger partial charge on any atom is -0.508 e. The maximum absolute atomic E-state index is 12.5. The number of piperidine rings is 1. The Bertz CT molecular complexity index is 1020. The molecule has 3 heterocycles. The van der Waals surface area contributed by atoms with Crippen LogP contribution in [0.5, 0.6) is 5.75 Å². The third kappa shape index (κ3) is 3.71. The van der Waals surface area contributed by atoms with E-state index in [1.54, 1.807) is 0 Å². The molecule has 2 aromatic rings. The molecule has 2 aliphatic heterocycles. The summed E-state index contributed by atoms with van der Waals surface area (Å²) in [6, 6.07) is 6.12. The first-order valence-electron chi connectivity index (χ1n) is 13.0. The topological polar surface area (TPSA) is 64.8 Å². The zero-order valence-corrected chi connectivity index (χ0v) is 19.9. The number of likely N-dealkylation sites (tertiary alicyclic amines) is 2. The second-order valence-corrected chi connectivity index (χ2v) is 11.2. The van der Waals surface area contributed by atoms with Crippen LogP contribution in [0.3, 0.4) is 0 Å². The molecule has 0 amide bonds. The monoisotopic (exact) mass is 450 g/mol. The fraction of sp³-hybridized carbons (Fsp3) is 0.667. The van der Waals surface area contributed by atoms with Gasteiger partial charge in [0, 0.05) is 37.3 Å². The number of hydrogen-bond acceptors (Lipinski definition) is 5. The van der Waals surface area contributed by atoms with Crippen LogP contribution in [0.4, 0.5) is 0 Å². The molecule has 33 heavy (non-hydrogen) atoms. The standard InChI is InChI=1S/C27H38N4O2/c1-20-17-28-31(18-20)11-2-10-29-12-7-26-8-14-30(19-21-3-4-21)25(27(26,33)9-13-29)15-22-5-6-23(32)16-24(22)26/h5-6,16-18,21,25,32-33H,2-4,7-15,19H2,1H3/t25-,26+,27-/m1/s1. The van der Waals surface area contributed by atoms with Crippen molar-refractivity contribution >= 4 is 0 Å². The number of nitrogens with zero attached hydrogens (tertiary/aromatic N) is 4. The highest BCUT2D eigenvalue weighted by Crippen LogP contribution is 2.56. The average Bonchev–Trinajstić information content (AvgIpc) is 3.54. The lowest BCUT2D eigenvalue weighted by Crippen LogP contribution is -2.71. The summed E-state index contributed by atoms with van der Waals surface area (Å²) in [7, 11) is 0. The first-order chi connectivity index (χ1) is 16.0. The second kappa shape index (κ2) is 8.10. The number of benzene rings is 1. The summed E-state index contributed by atoms with van der Waals surface area (Å²) in [5.41, 5.74) is 2.79. The van der Waals surface area contributed by atoms with Gasteiger partial charge < -0.3 is 15.1 Å². The molecular formula is C27H38N4O2. The summed E-state index contributed by atoms with van der Waals surface area (Å²) in [5.74, 6) is 1.16. The zero-order valence-electron chi connectivity index (χ0n) is 19.9. The van der Waals surface area contributed by atoms with Gasteiger partial charge in [0.05, 0.1) is 11.8 Å². The van der Waals surface area contributed by atoms with Gasteiger partial charge in [0.2, 0.25) is 0 Å². The largest absolute Gasteiger partial charge is 0.508 e. The Morgan fingerprint density at radius 2 is 1.91 bits per heavy atom. The van der Waals surface area contributed by atoms with Gasteiger partial charge in [-0.3, -0.25) is 9.58 Å². The van der Waals surface area contributed by atoms with Crippen molar-refractivity contribution in [3.05, 3.63) is 47.3 Å². The van der Waals surface area contributed by atoms with E-state index < -0.39 is 5.60 Å². The molecule has 2 bridgehead atoms. The molecule has 1 saturated carbocycles. The fourth-order valence-corrected chi connectivity index (χ4v) is 7.18. The van der Waals surface area contributed by atoms with Crippen LogP contribution in [-0.4, -0.2) is 74.2 Å². The minimum atomic E-state index is -0.727. The van der Waals surface area contributed by atoms with Crippen molar-refractivity contribution < 1.29 is 10.2 Å². The molecule has 1 aromatic carbocycles. The van der Waals surface area contributed by atoms with Crippen molar-refractivity contribution in [2.75, 3.05) is 32.7 Å². The van der Waals surface area contributed by atoms with Gasteiger partial charge in [-0.25, -0.2) is 0 Å². The molecule has 178 valence electrons. The summed E-state index contributed by atoms with van der Waals surface area (Å²) < 4.78 is 2.04. The summed E-state index contributed by atoms with van der Waals surface area (Å²) >= 11 is 0. The first-order valence-corrected chi connectivity index (χ1v) is 13.0. The predicted molar refractivity (Wildman–Crippen MR) is 128 cm³/mol. The second-order valence-electron chi connectivity index (χ2n) is 11.2. The Morgan fingerprint density at radius 1 is 1.09 bits per heavy atom. The smallest absolute Gasteiger partial charge is 0.115 e. The van der Waals surface area contributed by atoms with E-state index >= 15 is 0 Å². The van der Waals surface area contributed by atoms with E-state index in [0.29, 0.717) is 5.75 Å². The van der Waals surface area contributed by atoms with Gasteiger partial charge >= 0.3 is 0 Å². The third-order valence-electron chi connectivity index (χ3n) is 9.15. The Balaban J connectivity index is 1.26. The third-order valence-corrected chi connectivity index (χ3v) is 9.15. The van der Waals surface area contributed by atoms with Gasteiger partial charge in [0.25, 0.3) is 0 Å². The number of aromatic nitrogens is 2. The highest BCUT2D eigenvalue weighted by atomic mass is 16.3. The predicted octanol–water partition coefficient (Wildman–Crippen LogP) is 3.09. The fourth-order valence-electron chi connectivity index (χ4n) is 7.18. The molecule has 3 atom stereocenters. The summed E-state index contributed by atoms with van der Waals surface area (Å²) in [5, 5.41) is 27.3. The Labute approximate surface area is 197 Å². The quantitative estimate of drug-likeness (QED) is 0.708. The van der Waals surface area contributed by atoms with Crippen molar-refractivity contribution in [1.29, 1.82) is 0 Å². The van der Waals surface area contributed by atoms with E-state index in [1.165, 1.54) is 29.5 Å². The van der Waals surface area contributed by atoms with Crippen molar-refractivity contribution in [1.82, 2.24) is 19.6 Å². The van der Waals surface area contributed by atoms with E-state index in [0.717, 1.165) is 77.3 Å². The van der Waals surface area contributed by atoms with E-state index in [9.17, 15) is 10.2 Å². The maximum Gasteiger partial charge on any atom is 0.115 e. The van der Waals surface area contributed by atoms with Crippen LogP contribution in [0.25, 0.3) is 0 Å². The van der Waals surface area contributed by atoms with E-state index in [2.05, 4.69) is 34.1 Å². The van der Waals surface area contributed by atoms with E-state index in [-0.39, 0.29) is 11.5 Å². The number of rotatable bonds is 6. The lowest BCUT2D eigenvalue weighted by atomic mass is 9.52. The van der Waals surface area contributed by atoms with Crippen LogP contribution in [0, 0.1) is 12.8 Å². The van der Waals surface area contributed by atoms with Crippen molar-refractivity contribution in [2.24, 2.45) is 5.92 Å². The molecule has 1 aromatic heterocycles. The lowest BCUT2D eigenvalue weighted by Gasteiger charge is -2.61. The number of aliphatic hydroxyl groups is 1. The van der Waals surface area contributed by atoms with Gasteiger partial charge in [0.15, 0.2) is 0 Å². The van der Waals surface area contributed by atoms with Crippen LogP contribution in [0.1, 0.15) is 55.2 Å². The van der Waals surface area contributed by atoms with Crippen LogP contribution in [0.2, 0.25) is 0 Å². The highest BCUT2D eigenvalue weighted by Gasteiger charge is 2.63. The molecule has 0 radical (unpaired) electrons. The SMILES string of the molecule is Cc1cnn(CCCN2CC[C@]34CCN(CC5CC5)[C@H](Cc5ccc(O)cc53)[C@]4(O)CC2)c1. The molecule has 3 fully saturated rings. The number of hydrogen-bond donors (Lipinski definition) is 2. The van der Waals surface area contributed by atoms with Crippen LogP contribution in [-0.2, 0) is 18.4 Å². The van der Waals surface area contributed by atoms with E-state index in [1.807, 2.05) is 23.0 Å². The van der Waals surface area contributed by atoms with E-state index in [4.69, 9.17) is 0 Å². The summed E-state index contributed by atoms with van der Waals surface area (Å²) in [6.07, 6.45) is 11.5. The molecular weight excluding hydrogens is 412 g/mol. The average molecular weight is 451 g/mol. The van der Waals surface area contributed by atoms with Gasteiger partial charge in [-0.05, 0) is 106 Å². The maximum atomic E-state index is 12.5. The number of phenolic OH excluding ortho intramolecular Hbond substituents is 1. The van der Waals surface area contributed by atoms with Crippen molar-refractivity contribution in [2.45, 2.75) is 75.5 Å². The molecule has 0 spiro atoms. The Hall–Kier alpha value is -1.89. The molecule has 2 aliphatic carbocycles. The lowest BCUT2D eigenvalue weighted by molar-refractivity contribution is -0.149. The molecule has 6 rings (SSSR count). The number of phenols is 1.